The summed E-state index contributed by atoms with van der Waals surface area (Å²) in [7, 11) is 0. The number of hydrogen-bond donors (Lipinski definition) is 0. The number of fused-ring (bicyclic) bond motifs is 12. The fraction of sp³-hybridized carbons (Fsp3) is 0. The molecule has 0 fully saturated rings. The summed E-state index contributed by atoms with van der Waals surface area (Å²) in [6.07, 6.45) is 0. The van der Waals surface area contributed by atoms with Crippen LogP contribution in [0.4, 0.5) is 0 Å². The second kappa shape index (κ2) is 12.7. The van der Waals surface area contributed by atoms with Crippen LogP contribution in [0.25, 0.3) is 132 Å². The highest BCUT2D eigenvalue weighted by molar-refractivity contribution is 6.19. The molecule has 13 aromatic rings. The van der Waals surface area contributed by atoms with Crippen LogP contribution < -0.4 is 0 Å². The molecular weight excluding hydrogens is 735 g/mol. The summed E-state index contributed by atoms with van der Waals surface area (Å²) in [5, 5.41) is 13.6. The average molecular weight is 766 g/mol. The Morgan fingerprint density at radius 2 is 0.750 bits per heavy atom. The molecule has 13 rings (SSSR count). The predicted octanol–water partition coefficient (Wildman–Crippen LogP) is 15.0. The van der Waals surface area contributed by atoms with E-state index in [0.717, 1.165) is 98.6 Å². The first-order chi connectivity index (χ1) is 29.7. The summed E-state index contributed by atoms with van der Waals surface area (Å²) in [4.78, 5) is 15.7. The maximum Gasteiger partial charge on any atom is 0.164 e. The summed E-state index contributed by atoms with van der Waals surface area (Å²) >= 11 is 0. The van der Waals surface area contributed by atoms with Crippen molar-refractivity contribution in [1.29, 1.82) is 0 Å². The van der Waals surface area contributed by atoms with E-state index in [4.69, 9.17) is 23.8 Å². The first-order valence-corrected chi connectivity index (χ1v) is 20.2. The van der Waals surface area contributed by atoms with Crippen molar-refractivity contribution in [2.75, 3.05) is 0 Å². The van der Waals surface area contributed by atoms with Crippen molar-refractivity contribution in [1.82, 2.24) is 15.0 Å². The van der Waals surface area contributed by atoms with Crippen LogP contribution >= 0.6 is 0 Å². The highest BCUT2D eigenvalue weighted by Gasteiger charge is 2.18. The molecule has 278 valence electrons. The molecule has 0 N–H and O–H groups in total. The van der Waals surface area contributed by atoms with Gasteiger partial charge in [-0.1, -0.05) is 146 Å². The van der Waals surface area contributed by atoms with Crippen molar-refractivity contribution in [3.8, 4) is 45.3 Å². The second-order valence-electron chi connectivity index (χ2n) is 15.5. The van der Waals surface area contributed by atoms with Crippen LogP contribution in [0, 0.1) is 0 Å². The van der Waals surface area contributed by atoms with Crippen molar-refractivity contribution >= 4 is 87.0 Å². The van der Waals surface area contributed by atoms with E-state index in [9.17, 15) is 0 Å². The lowest BCUT2D eigenvalue weighted by molar-refractivity contribution is 0.668. The predicted molar refractivity (Wildman–Crippen MR) is 246 cm³/mol. The first-order valence-electron chi connectivity index (χ1n) is 20.2. The third-order valence-corrected chi connectivity index (χ3v) is 12.1. The average Bonchev–Trinajstić information content (AvgIpc) is 3.90. The molecule has 0 aliphatic heterocycles. The highest BCUT2D eigenvalue weighted by atomic mass is 16.3. The molecule has 3 heterocycles. The van der Waals surface area contributed by atoms with Crippen LogP contribution in [0.3, 0.4) is 0 Å². The Balaban J connectivity index is 1.02. The summed E-state index contributed by atoms with van der Waals surface area (Å²) in [5.41, 5.74) is 8.51. The lowest BCUT2D eigenvalue weighted by Crippen LogP contribution is -2.00. The van der Waals surface area contributed by atoms with Crippen molar-refractivity contribution in [3.05, 3.63) is 188 Å². The normalized spacial score (nSPS) is 12.0. The molecule has 5 heteroatoms. The van der Waals surface area contributed by atoms with Gasteiger partial charge in [-0.25, -0.2) is 15.0 Å². The monoisotopic (exact) mass is 765 g/mol. The number of para-hydroxylation sites is 2. The Kier molecular flexibility index (Phi) is 6.95. The minimum atomic E-state index is 0.604. The van der Waals surface area contributed by atoms with Crippen LogP contribution in [0.15, 0.2) is 197 Å². The summed E-state index contributed by atoms with van der Waals surface area (Å²) in [6, 6.07) is 65.8. The van der Waals surface area contributed by atoms with Gasteiger partial charge >= 0.3 is 0 Å². The maximum absolute atomic E-state index is 6.29. The quantitative estimate of drug-likeness (QED) is 0.167. The third kappa shape index (κ3) is 5.03. The van der Waals surface area contributed by atoms with Gasteiger partial charge in [0.2, 0.25) is 0 Å². The number of rotatable bonds is 4. The van der Waals surface area contributed by atoms with Gasteiger partial charge in [0.1, 0.15) is 22.3 Å². The van der Waals surface area contributed by atoms with E-state index < -0.39 is 0 Å². The van der Waals surface area contributed by atoms with Gasteiger partial charge in [-0.15, -0.1) is 0 Å². The summed E-state index contributed by atoms with van der Waals surface area (Å²) in [6.45, 7) is 0. The number of nitrogens with zero attached hydrogens (tertiary/aromatic N) is 3. The molecular formula is C55H31N3O2. The fourth-order valence-electron chi connectivity index (χ4n) is 9.24. The van der Waals surface area contributed by atoms with Crippen molar-refractivity contribution < 1.29 is 8.83 Å². The molecule has 0 amide bonds. The van der Waals surface area contributed by atoms with Gasteiger partial charge in [0, 0.05) is 38.2 Å². The van der Waals surface area contributed by atoms with Gasteiger partial charge in [0.05, 0.1) is 0 Å². The van der Waals surface area contributed by atoms with E-state index in [0.29, 0.717) is 17.5 Å². The lowest BCUT2D eigenvalue weighted by Gasteiger charge is -2.12. The van der Waals surface area contributed by atoms with E-state index in [-0.39, 0.29) is 0 Å². The SMILES string of the molecule is c1cc(-c2cccc3oc4ccccc4c23)c2ccc(-c3nc(-c4ccc5ccc6ccccc6c5c4)nc(-c4ccc5ccc6oc7ccccc7c6c5c4)n3)cc2c1. The molecule has 0 saturated heterocycles. The smallest absolute Gasteiger partial charge is 0.164 e. The van der Waals surface area contributed by atoms with Crippen LogP contribution in [-0.4, -0.2) is 15.0 Å². The minimum Gasteiger partial charge on any atom is -0.456 e. The molecule has 0 aliphatic rings. The van der Waals surface area contributed by atoms with Crippen LogP contribution in [-0.2, 0) is 0 Å². The van der Waals surface area contributed by atoms with Gasteiger partial charge in [-0.05, 0) is 96.7 Å². The zero-order valence-corrected chi connectivity index (χ0v) is 32.1. The Morgan fingerprint density at radius 3 is 1.50 bits per heavy atom. The van der Waals surface area contributed by atoms with Crippen LogP contribution in [0.2, 0.25) is 0 Å². The van der Waals surface area contributed by atoms with Crippen LogP contribution in [0.1, 0.15) is 0 Å². The van der Waals surface area contributed by atoms with E-state index in [1.165, 1.54) is 16.2 Å². The number of benzene rings is 10. The molecule has 0 spiro atoms. The number of hydrogen-bond acceptors (Lipinski definition) is 5. The Labute approximate surface area is 342 Å². The minimum absolute atomic E-state index is 0.604. The third-order valence-electron chi connectivity index (χ3n) is 12.1. The van der Waals surface area contributed by atoms with Gasteiger partial charge in [-0.2, -0.15) is 0 Å². The summed E-state index contributed by atoms with van der Waals surface area (Å²) < 4.78 is 12.6. The van der Waals surface area contributed by atoms with Crippen molar-refractivity contribution in [3.63, 3.8) is 0 Å². The first kappa shape index (κ1) is 32.9. The molecule has 0 bridgehead atoms. The van der Waals surface area contributed by atoms with Gasteiger partial charge in [0.25, 0.3) is 0 Å². The lowest BCUT2D eigenvalue weighted by atomic mass is 9.94. The zero-order valence-electron chi connectivity index (χ0n) is 32.1. The van der Waals surface area contributed by atoms with E-state index in [1.807, 2.05) is 30.3 Å². The molecule has 0 unspecified atom stereocenters. The molecule has 0 saturated carbocycles. The molecule has 5 nitrogen and oxygen atoms in total. The fourth-order valence-corrected chi connectivity index (χ4v) is 9.24. The molecule has 0 atom stereocenters. The van der Waals surface area contributed by atoms with Gasteiger partial charge < -0.3 is 8.83 Å². The van der Waals surface area contributed by atoms with Crippen molar-refractivity contribution in [2.24, 2.45) is 0 Å². The second-order valence-corrected chi connectivity index (χ2v) is 15.5. The molecule has 60 heavy (non-hydrogen) atoms. The Morgan fingerprint density at radius 1 is 0.267 bits per heavy atom. The van der Waals surface area contributed by atoms with Gasteiger partial charge in [-0.3, -0.25) is 0 Å². The van der Waals surface area contributed by atoms with E-state index >= 15 is 0 Å². The van der Waals surface area contributed by atoms with Crippen molar-refractivity contribution in [2.45, 2.75) is 0 Å². The maximum atomic E-state index is 6.29. The standard InChI is InChI=1S/C55H31N3O2/c1-2-11-39-32(9-1)19-20-33-21-23-37(30-45(33)39)54-56-53(57-55(58-54)38-24-22-34-26-28-50-52(46(34)31-38)44-13-4-6-17-48(44)60-50)36-25-27-40-35(29-36)10-7-14-41(40)42-15-8-18-49-51(42)43-12-3-5-16-47(43)59-49/h1-31H. The Bertz CT molecular complexity index is 3910. The summed E-state index contributed by atoms with van der Waals surface area (Å²) in [5.74, 6) is 1.83. The highest BCUT2D eigenvalue weighted by Crippen LogP contribution is 2.41. The zero-order chi connectivity index (χ0) is 39.3. The van der Waals surface area contributed by atoms with Crippen LogP contribution in [0.5, 0.6) is 0 Å². The largest absolute Gasteiger partial charge is 0.456 e. The molecule has 3 aromatic heterocycles. The molecule has 0 radical (unpaired) electrons. The van der Waals surface area contributed by atoms with E-state index in [2.05, 4.69) is 158 Å². The number of furan rings is 2. The van der Waals surface area contributed by atoms with E-state index in [1.54, 1.807) is 0 Å². The van der Waals surface area contributed by atoms with Gasteiger partial charge in [0.15, 0.2) is 17.5 Å². The number of aromatic nitrogens is 3. The molecule has 10 aromatic carbocycles. The Hall–Kier alpha value is -8.15. The topological polar surface area (TPSA) is 65.0 Å². The molecule has 0 aliphatic carbocycles.